The van der Waals surface area contributed by atoms with Crippen LogP contribution in [0.25, 0.3) is 24.3 Å². The Morgan fingerprint density at radius 2 is 0.533 bits per heavy atom. The number of aromatic amines is 4. The van der Waals surface area contributed by atoms with Crippen molar-refractivity contribution in [2.45, 2.75) is 77.0 Å². The van der Waals surface area contributed by atoms with E-state index in [2.05, 4.69) is 19.9 Å². The van der Waals surface area contributed by atoms with Crippen molar-refractivity contribution in [2.75, 3.05) is 0 Å². The second-order valence-electron chi connectivity index (χ2n) is 14.1. The molecule has 60 heavy (non-hydrogen) atoms. The summed E-state index contributed by atoms with van der Waals surface area (Å²) in [6.07, 6.45) is 0.247. The molecule has 0 saturated heterocycles. The Hall–Kier alpha value is -7.64. The van der Waals surface area contributed by atoms with E-state index in [1.54, 1.807) is 0 Å². The summed E-state index contributed by atoms with van der Waals surface area (Å²) in [6, 6.07) is 0. The number of carbonyl (C=O) groups is 8. The predicted octanol–water partition coefficient (Wildman–Crippen LogP) is -0.795. The van der Waals surface area contributed by atoms with Crippen LogP contribution in [-0.2, 0) is 89.7 Å². The highest BCUT2D eigenvalue weighted by atomic mass is 16.4. The smallest absolute Gasteiger partial charge is 0.307 e. The molecule has 0 amide bonds. The van der Waals surface area contributed by atoms with Gasteiger partial charge < -0.3 is 60.8 Å². The third-order valence-electron chi connectivity index (χ3n) is 9.96. The van der Waals surface area contributed by atoms with E-state index >= 15 is 0 Å². The molecular formula is C40H40N4O16. The fraction of sp³-hybridized carbons (Fsp3) is 0.300. The van der Waals surface area contributed by atoms with Crippen molar-refractivity contribution in [3.8, 4) is 0 Å². The molecule has 0 unspecified atom stereocenters. The van der Waals surface area contributed by atoms with Crippen LogP contribution in [0.5, 0.6) is 0 Å². The van der Waals surface area contributed by atoms with Crippen LogP contribution in [0.2, 0.25) is 0 Å². The van der Waals surface area contributed by atoms with Crippen molar-refractivity contribution in [1.29, 1.82) is 0 Å². The lowest BCUT2D eigenvalue weighted by molar-refractivity contribution is -0.138. The van der Waals surface area contributed by atoms with Gasteiger partial charge in [-0.15, -0.1) is 0 Å². The minimum Gasteiger partial charge on any atom is -0.481 e. The monoisotopic (exact) mass is 832 g/mol. The number of carboxylic acid groups (broad SMARTS) is 8. The lowest BCUT2D eigenvalue weighted by Crippen LogP contribution is -2.15. The maximum Gasteiger partial charge on any atom is 0.307 e. The summed E-state index contributed by atoms with van der Waals surface area (Å²) in [7, 11) is 0. The summed E-state index contributed by atoms with van der Waals surface area (Å²) < 4.78 is 0. The number of aliphatic carboxylic acids is 8. The first-order chi connectivity index (χ1) is 28.3. The highest BCUT2D eigenvalue weighted by Crippen LogP contribution is 2.26. The third kappa shape index (κ3) is 10.4. The molecule has 0 aliphatic carbocycles. The van der Waals surface area contributed by atoms with E-state index in [9.17, 15) is 79.2 Å². The average molecular weight is 833 g/mol. The molecule has 1 aliphatic rings. The standard InChI is InChI=1S/C40H40N4O16/c45-33(46)5-1-17-21(9-37(53)54)29-15-30-23(11-39(57)58)19(3-7-35(49)50)27(43-30)14-28-20(4-8-36(51)52)24(12-40(59)60)32(44-28)16-31-22(10-38(55)56)18(2-6-34(47)48)26(42-31)13-25(17)41-29/h13-16,41-44H,1-12H2,(H,45,46)(H,47,48)(H,49,50)(H,51,52)(H,53,54)(H,55,56)(H,57,58)(H,59,60). The summed E-state index contributed by atoms with van der Waals surface area (Å²) in [4.78, 5) is 109. The Bertz CT molecular complexity index is 2520. The molecule has 4 aromatic rings. The Balaban J connectivity index is 2.08. The average Bonchev–Trinajstić information content (AvgIpc) is 3.81. The van der Waals surface area contributed by atoms with Crippen LogP contribution in [0.4, 0.5) is 0 Å². The SMILES string of the molecule is O=C(O)CCc1c2[nH]c(c1CC(=O)O)C=c1[nH]c(c(CCC(=O)O)c1CC(=O)O)=Cc1[nH]c(c(CC(=O)O)c1CCC(=O)O)C=c1[nH]c(c(CCC(=O)O)c1CC(=O)O)=C2. The summed E-state index contributed by atoms with van der Waals surface area (Å²) in [5.74, 6) is -10.2. The Kier molecular flexibility index (Phi) is 13.3. The fourth-order valence-electron chi connectivity index (χ4n) is 7.53. The van der Waals surface area contributed by atoms with Gasteiger partial charge in [0.15, 0.2) is 0 Å². The number of H-pyrrole nitrogens is 4. The van der Waals surface area contributed by atoms with E-state index in [1.165, 1.54) is 24.3 Å². The molecule has 12 N–H and O–H groups in total. The highest BCUT2D eigenvalue weighted by Gasteiger charge is 2.24. The van der Waals surface area contributed by atoms with Gasteiger partial charge in [-0.05, 0) is 94.5 Å². The summed E-state index contributed by atoms with van der Waals surface area (Å²) in [5, 5.41) is 79.2. The second kappa shape index (κ2) is 18.3. The minimum absolute atomic E-state index is 0.0876. The van der Waals surface area contributed by atoms with Crippen LogP contribution in [0.15, 0.2) is 0 Å². The predicted molar refractivity (Wildman–Crippen MR) is 205 cm³/mol. The highest BCUT2D eigenvalue weighted by molar-refractivity contribution is 5.79. The van der Waals surface area contributed by atoms with Crippen molar-refractivity contribution >= 4 is 72.1 Å². The summed E-state index contributed by atoms with van der Waals surface area (Å²) >= 11 is 0. The molecule has 0 fully saturated rings. The van der Waals surface area contributed by atoms with Crippen LogP contribution in [0.3, 0.4) is 0 Å². The van der Waals surface area contributed by atoms with E-state index in [4.69, 9.17) is 0 Å². The number of aromatic nitrogens is 4. The number of carboxylic acids is 8. The molecule has 1 aliphatic heterocycles. The van der Waals surface area contributed by atoms with Gasteiger partial charge in [-0.1, -0.05) is 0 Å². The minimum atomic E-state index is -1.32. The van der Waals surface area contributed by atoms with Crippen LogP contribution < -0.4 is 21.4 Å². The van der Waals surface area contributed by atoms with Gasteiger partial charge in [-0.2, -0.15) is 0 Å². The zero-order chi connectivity index (χ0) is 44.0. The van der Waals surface area contributed by atoms with Gasteiger partial charge in [0.05, 0.1) is 25.7 Å². The molecule has 0 radical (unpaired) electrons. The van der Waals surface area contributed by atoms with Crippen LogP contribution in [0, 0.1) is 0 Å². The molecule has 8 bridgehead atoms. The van der Waals surface area contributed by atoms with E-state index in [0.29, 0.717) is 0 Å². The normalized spacial score (nSPS) is 11.7. The van der Waals surface area contributed by atoms with Crippen LogP contribution in [-0.4, -0.2) is 109 Å². The number of nitrogens with one attached hydrogen (secondary N) is 4. The second-order valence-corrected chi connectivity index (χ2v) is 14.1. The molecule has 4 aromatic heterocycles. The number of hydrogen-bond acceptors (Lipinski definition) is 8. The molecule has 0 saturated carbocycles. The molecule has 0 aromatic carbocycles. The van der Waals surface area contributed by atoms with Crippen LogP contribution >= 0.6 is 0 Å². The molecule has 316 valence electrons. The van der Waals surface area contributed by atoms with Gasteiger partial charge in [-0.25, -0.2) is 0 Å². The van der Waals surface area contributed by atoms with Crippen molar-refractivity contribution in [1.82, 2.24) is 19.9 Å². The number of hydrogen-bond donors (Lipinski definition) is 12. The van der Waals surface area contributed by atoms with E-state index in [0.717, 1.165) is 0 Å². The van der Waals surface area contributed by atoms with Crippen molar-refractivity contribution in [2.24, 2.45) is 0 Å². The quantitative estimate of drug-likeness (QED) is 0.0457. The first-order valence-electron chi connectivity index (χ1n) is 18.4. The summed E-state index contributed by atoms with van der Waals surface area (Å²) in [6.45, 7) is 0. The van der Waals surface area contributed by atoms with Gasteiger partial charge in [-0.3, -0.25) is 38.4 Å². The van der Waals surface area contributed by atoms with Crippen LogP contribution in [0.1, 0.15) is 93.0 Å². The molecule has 5 heterocycles. The first kappa shape index (κ1) is 43.5. The Morgan fingerprint density at radius 1 is 0.300 bits per heavy atom. The largest absolute Gasteiger partial charge is 0.481 e. The number of rotatable bonds is 20. The molecule has 20 heteroatoms. The first-order valence-corrected chi connectivity index (χ1v) is 18.4. The van der Waals surface area contributed by atoms with Crippen molar-refractivity contribution < 1.29 is 79.2 Å². The maximum atomic E-state index is 12.3. The van der Waals surface area contributed by atoms with Gasteiger partial charge in [0.2, 0.25) is 0 Å². The van der Waals surface area contributed by atoms with E-state index in [-0.39, 0.29) is 114 Å². The van der Waals surface area contributed by atoms with Crippen molar-refractivity contribution in [3.05, 3.63) is 88.7 Å². The Labute approximate surface area is 336 Å². The molecule has 0 spiro atoms. The lowest BCUT2D eigenvalue weighted by atomic mass is 9.98. The topological polar surface area (TPSA) is 362 Å². The Morgan fingerprint density at radius 3 is 0.800 bits per heavy atom. The zero-order valence-electron chi connectivity index (χ0n) is 31.6. The van der Waals surface area contributed by atoms with Gasteiger partial charge >= 0.3 is 47.8 Å². The summed E-state index contributed by atoms with van der Waals surface area (Å²) in [5.41, 5.74) is 1.73. The molecule has 5 rings (SSSR count). The molecular weight excluding hydrogens is 792 g/mol. The lowest BCUT2D eigenvalue weighted by Gasteiger charge is -2.05. The van der Waals surface area contributed by atoms with Gasteiger partial charge in [0.1, 0.15) is 0 Å². The molecule has 0 atom stereocenters. The van der Waals surface area contributed by atoms with Gasteiger partial charge in [0.25, 0.3) is 0 Å². The van der Waals surface area contributed by atoms with Gasteiger partial charge in [0, 0.05) is 69.9 Å². The maximum absolute atomic E-state index is 12.3. The molecule has 20 nitrogen and oxygen atoms in total. The van der Waals surface area contributed by atoms with Crippen molar-refractivity contribution in [3.63, 3.8) is 0 Å². The third-order valence-corrected chi connectivity index (χ3v) is 9.96. The van der Waals surface area contributed by atoms with E-state index < -0.39 is 99.1 Å². The fourth-order valence-corrected chi connectivity index (χ4v) is 7.53. The zero-order valence-corrected chi connectivity index (χ0v) is 31.6. The number of fused-ring (bicyclic) bond motifs is 8. The van der Waals surface area contributed by atoms with E-state index in [1.807, 2.05) is 0 Å².